The van der Waals surface area contributed by atoms with Crippen LogP contribution in [0.1, 0.15) is 19.3 Å². The van der Waals surface area contributed by atoms with Crippen LogP contribution in [0.15, 0.2) is 22.7 Å². The van der Waals surface area contributed by atoms with Crippen LogP contribution < -0.4 is 10.1 Å². The number of methoxy groups -OCH3 is 1. The number of hydrogen-bond donors (Lipinski definition) is 1. The number of halogens is 1. The molecule has 1 fully saturated rings. The highest BCUT2D eigenvalue weighted by atomic mass is 79.9. The molecule has 1 amide bonds. The highest BCUT2D eigenvalue weighted by Gasteiger charge is 2.19. The van der Waals surface area contributed by atoms with Crippen LogP contribution in [0.25, 0.3) is 0 Å². The monoisotopic (exact) mass is 313 g/mol. The summed E-state index contributed by atoms with van der Waals surface area (Å²) in [7, 11) is 1.61. The number of amides is 1. The van der Waals surface area contributed by atoms with Gasteiger partial charge in [-0.15, -0.1) is 0 Å². The van der Waals surface area contributed by atoms with E-state index in [1.807, 2.05) is 18.2 Å². The van der Waals surface area contributed by atoms with Crippen molar-refractivity contribution in [2.24, 2.45) is 0 Å². The Morgan fingerprint density at radius 2 is 2.44 bits per heavy atom. The summed E-state index contributed by atoms with van der Waals surface area (Å²) < 4.78 is 11.4. The van der Waals surface area contributed by atoms with Crippen LogP contribution in [-0.2, 0) is 9.53 Å². The molecule has 1 aliphatic heterocycles. The first-order valence-corrected chi connectivity index (χ1v) is 6.73. The minimum atomic E-state index is -0.0148. The molecule has 18 heavy (non-hydrogen) atoms. The molecule has 1 unspecified atom stereocenters. The Kier molecular flexibility index (Phi) is 4.60. The normalized spacial score (nSPS) is 18.7. The van der Waals surface area contributed by atoms with Crippen LogP contribution in [0.4, 0.5) is 5.69 Å². The molecule has 0 aromatic heterocycles. The van der Waals surface area contributed by atoms with E-state index in [2.05, 4.69) is 21.2 Å². The van der Waals surface area contributed by atoms with Gasteiger partial charge in [-0.25, -0.2) is 0 Å². The van der Waals surface area contributed by atoms with Gasteiger partial charge < -0.3 is 14.8 Å². The van der Waals surface area contributed by atoms with E-state index in [4.69, 9.17) is 9.47 Å². The second kappa shape index (κ2) is 6.20. The third kappa shape index (κ3) is 3.46. The highest BCUT2D eigenvalue weighted by Crippen LogP contribution is 2.28. The molecule has 1 aromatic carbocycles. The summed E-state index contributed by atoms with van der Waals surface area (Å²) in [6.07, 6.45) is 2.52. The fourth-order valence-corrected chi connectivity index (χ4v) is 2.51. The van der Waals surface area contributed by atoms with Crippen molar-refractivity contribution in [2.45, 2.75) is 25.4 Å². The van der Waals surface area contributed by atoms with E-state index in [9.17, 15) is 4.79 Å². The van der Waals surface area contributed by atoms with E-state index < -0.39 is 0 Å². The van der Waals surface area contributed by atoms with E-state index in [0.717, 1.165) is 35.4 Å². The van der Waals surface area contributed by atoms with E-state index in [1.165, 1.54) is 0 Å². The lowest BCUT2D eigenvalue weighted by atomic mass is 10.2. The topological polar surface area (TPSA) is 47.6 Å². The molecule has 1 heterocycles. The number of anilines is 1. The first kappa shape index (κ1) is 13.4. The SMILES string of the molecule is COc1ccc(NC(=O)CC2CCCO2)cc1Br. The second-order valence-corrected chi connectivity index (χ2v) is 5.09. The maximum Gasteiger partial charge on any atom is 0.226 e. The van der Waals surface area contributed by atoms with E-state index in [-0.39, 0.29) is 12.0 Å². The lowest BCUT2D eigenvalue weighted by Gasteiger charge is -2.11. The van der Waals surface area contributed by atoms with Crippen molar-refractivity contribution in [3.05, 3.63) is 22.7 Å². The number of benzene rings is 1. The summed E-state index contributed by atoms with van der Waals surface area (Å²) in [5.74, 6) is 0.728. The van der Waals surface area contributed by atoms with Crippen molar-refractivity contribution in [1.82, 2.24) is 0 Å². The molecule has 98 valence electrons. The van der Waals surface area contributed by atoms with Crippen LogP contribution >= 0.6 is 15.9 Å². The van der Waals surface area contributed by atoms with Crippen LogP contribution in [0.5, 0.6) is 5.75 Å². The maximum atomic E-state index is 11.8. The highest BCUT2D eigenvalue weighted by molar-refractivity contribution is 9.10. The van der Waals surface area contributed by atoms with Gasteiger partial charge in [0.2, 0.25) is 5.91 Å². The molecule has 0 aliphatic carbocycles. The van der Waals surface area contributed by atoms with Crippen LogP contribution in [0.2, 0.25) is 0 Å². The fraction of sp³-hybridized carbons (Fsp3) is 0.462. The predicted molar refractivity (Wildman–Crippen MR) is 72.9 cm³/mol. The van der Waals surface area contributed by atoms with Crippen molar-refractivity contribution in [3.63, 3.8) is 0 Å². The van der Waals surface area contributed by atoms with Gasteiger partial charge in [0, 0.05) is 12.3 Å². The van der Waals surface area contributed by atoms with Gasteiger partial charge in [0.25, 0.3) is 0 Å². The van der Waals surface area contributed by atoms with Gasteiger partial charge in [-0.05, 0) is 47.0 Å². The summed E-state index contributed by atoms with van der Waals surface area (Å²) in [5, 5.41) is 2.86. The molecule has 1 aromatic rings. The van der Waals surface area contributed by atoms with Gasteiger partial charge in [0.1, 0.15) is 5.75 Å². The quantitative estimate of drug-likeness (QED) is 0.929. The first-order chi connectivity index (χ1) is 8.69. The van der Waals surface area contributed by atoms with Gasteiger partial charge in [-0.3, -0.25) is 4.79 Å². The third-order valence-electron chi connectivity index (χ3n) is 2.87. The molecule has 1 atom stereocenters. The standard InChI is InChI=1S/C13H16BrNO3/c1-17-12-5-4-9(7-11(12)14)15-13(16)8-10-3-2-6-18-10/h4-5,7,10H,2-3,6,8H2,1H3,(H,15,16). The second-order valence-electron chi connectivity index (χ2n) is 4.24. The summed E-state index contributed by atoms with van der Waals surface area (Å²) in [4.78, 5) is 11.8. The fourth-order valence-electron chi connectivity index (χ4n) is 1.97. The molecule has 0 saturated carbocycles. The number of nitrogens with one attached hydrogen (secondary N) is 1. The Bertz CT molecular complexity index is 430. The van der Waals surface area contributed by atoms with E-state index in [1.54, 1.807) is 7.11 Å². The maximum absolute atomic E-state index is 11.8. The average molecular weight is 314 g/mol. The molecular weight excluding hydrogens is 298 g/mol. The molecule has 5 heteroatoms. The van der Waals surface area contributed by atoms with Crippen LogP contribution in [-0.4, -0.2) is 25.7 Å². The summed E-state index contributed by atoms with van der Waals surface area (Å²) in [5.41, 5.74) is 0.755. The molecule has 1 aliphatic rings. The smallest absolute Gasteiger partial charge is 0.226 e. The number of hydrogen-bond acceptors (Lipinski definition) is 3. The van der Waals surface area contributed by atoms with E-state index >= 15 is 0 Å². The predicted octanol–water partition coefficient (Wildman–Crippen LogP) is 2.97. The molecule has 0 bridgehead atoms. The minimum absolute atomic E-state index is 0.0148. The third-order valence-corrected chi connectivity index (χ3v) is 3.49. The van der Waals surface area contributed by atoms with Gasteiger partial charge in [0.05, 0.1) is 24.1 Å². The molecule has 2 rings (SSSR count). The summed E-state index contributed by atoms with van der Waals surface area (Å²) in [6.45, 7) is 0.770. The lowest BCUT2D eigenvalue weighted by molar-refractivity contribution is -0.118. The number of carbonyl (C=O) groups excluding carboxylic acids is 1. The van der Waals surface area contributed by atoms with Crippen LogP contribution in [0.3, 0.4) is 0 Å². The zero-order chi connectivity index (χ0) is 13.0. The van der Waals surface area contributed by atoms with Gasteiger partial charge in [-0.1, -0.05) is 0 Å². The van der Waals surface area contributed by atoms with Gasteiger partial charge in [-0.2, -0.15) is 0 Å². The Labute approximate surface area is 115 Å². The van der Waals surface area contributed by atoms with Crippen LogP contribution in [0, 0.1) is 0 Å². The summed E-state index contributed by atoms with van der Waals surface area (Å²) >= 11 is 3.38. The summed E-state index contributed by atoms with van der Waals surface area (Å²) in [6, 6.07) is 5.45. The Morgan fingerprint density at radius 3 is 3.06 bits per heavy atom. The minimum Gasteiger partial charge on any atom is -0.496 e. The number of rotatable bonds is 4. The molecule has 1 saturated heterocycles. The molecular formula is C13H16BrNO3. The largest absolute Gasteiger partial charge is 0.496 e. The first-order valence-electron chi connectivity index (χ1n) is 5.94. The Morgan fingerprint density at radius 1 is 1.61 bits per heavy atom. The van der Waals surface area contributed by atoms with E-state index in [0.29, 0.717) is 6.42 Å². The molecule has 0 radical (unpaired) electrons. The van der Waals surface area contributed by atoms with Crippen molar-refractivity contribution in [3.8, 4) is 5.75 Å². The average Bonchev–Trinajstić information content (AvgIpc) is 2.82. The van der Waals surface area contributed by atoms with Crippen molar-refractivity contribution >= 4 is 27.5 Å². The zero-order valence-electron chi connectivity index (χ0n) is 10.2. The number of carbonyl (C=O) groups is 1. The van der Waals surface area contributed by atoms with Crippen molar-refractivity contribution in [2.75, 3.05) is 19.0 Å². The molecule has 1 N–H and O–H groups in total. The molecule has 4 nitrogen and oxygen atoms in total. The van der Waals surface area contributed by atoms with Crippen molar-refractivity contribution in [1.29, 1.82) is 0 Å². The lowest BCUT2D eigenvalue weighted by Crippen LogP contribution is -2.19. The Balaban J connectivity index is 1.92. The number of ether oxygens (including phenoxy) is 2. The van der Waals surface area contributed by atoms with Crippen molar-refractivity contribution < 1.29 is 14.3 Å². The Hall–Kier alpha value is -1.07. The molecule has 0 spiro atoms. The van der Waals surface area contributed by atoms with Gasteiger partial charge >= 0.3 is 0 Å². The zero-order valence-corrected chi connectivity index (χ0v) is 11.8. The van der Waals surface area contributed by atoms with Gasteiger partial charge in [0.15, 0.2) is 0 Å².